The second kappa shape index (κ2) is 4.59. The van der Waals surface area contributed by atoms with Gasteiger partial charge in [0.1, 0.15) is 0 Å². The van der Waals surface area contributed by atoms with E-state index in [1.54, 1.807) is 25.1 Å². The van der Waals surface area contributed by atoms with Gasteiger partial charge >= 0.3 is 0 Å². The van der Waals surface area contributed by atoms with Gasteiger partial charge in [0.2, 0.25) is 0 Å². The summed E-state index contributed by atoms with van der Waals surface area (Å²) in [5.41, 5.74) is 0.563. The predicted octanol–water partition coefficient (Wildman–Crippen LogP) is 2.00. The smallest absolute Gasteiger partial charge is 0.270 e. The molecule has 2 atom stereocenters. The summed E-state index contributed by atoms with van der Waals surface area (Å²) in [5, 5.41) is 0. The molecule has 0 aromatic heterocycles. The quantitative estimate of drug-likeness (QED) is 0.770. The van der Waals surface area contributed by atoms with E-state index in [0.29, 0.717) is 17.1 Å². The molecule has 1 aromatic carbocycles. The topological polar surface area (TPSA) is 54.0 Å². The lowest BCUT2D eigenvalue weighted by Gasteiger charge is -2.39. The first kappa shape index (κ1) is 12.9. The van der Waals surface area contributed by atoms with Crippen LogP contribution in [0.5, 0.6) is 11.5 Å². The van der Waals surface area contributed by atoms with Crippen molar-refractivity contribution < 1.29 is 23.7 Å². The first-order valence-electron chi connectivity index (χ1n) is 5.59. The zero-order valence-corrected chi connectivity index (χ0v) is 10.9. The molecule has 0 radical (unpaired) electrons. The number of carbonyl (C=O) groups excluding carboxylic acids is 1. The van der Waals surface area contributed by atoms with E-state index in [-0.39, 0.29) is 5.78 Å². The lowest BCUT2D eigenvalue weighted by molar-refractivity contribution is -0.288. The molecule has 18 heavy (non-hydrogen) atoms. The van der Waals surface area contributed by atoms with Gasteiger partial charge in [-0.1, -0.05) is 0 Å². The Labute approximate surface area is 106 Å². The summed E-state index contributed by atoms with van der Waals surface area (Å²) < 4.78 is 21.9. The molecule has 98 valence electrons. The van der Waals surface area contributed by atoms with Crippen LogP contribution in [0, 0.1) is 0 Å². The maximum atomic E-state index is 11.3. The standard InChI is InChI=1S/C13H16O5/c1-8(14)9-5-6-10-11(7-9)17-12(15-3)13(2,16-4)18-10/h5-7,12H,1-4H3. The van der Waals surface area contributed by atoms with Gasteiger partial charge in [0.05, 0.1) is 0 Å². The van der Waals surface area contributed by atoms with Crippen molar-refractivity contribution in [3.63, 3.8) is 0 Å². The number of methoxy groups -OCH3 is 2. The van der Waals surface area contributed by atoms with Crippen LogP contribution in [-0.4, -0.2) is 32.1 Å². The van der Waals surface area contributed by atoms with Gasteiger partial charge in [-0.15, -0.1) is 0 Å². The van der Waals surface area contributed by atoms with Crippen molar-refractivity contribution in [3.8, 4) is 11.5 Å². The Hall–Kier alpha value is -1.59. The van der Waals surface area contributed by atoms with Crippen LogP contribution in [-0.2, 0) is 9.47 Å². The van der Waals surface area contributed by atoms with Crippen molar-refractivity contribution in [1.29, 1.82) is 0 Å². The van der Waals surface area contributed by atoms with Crippen LogP contribution in [0.3, 0.4) is 0 Å². The third-order valence-corrected chi connectivity index (χ3v) is 2.94. The van der Waals surface area contributed by atoms with Crippen molar-refractivity contribution >= 4 is 5.78 Å². The highest BCUT2D eigenvalue weighted by Gasteiger charge is 2.44. The van der Waals surface area contributed by atoms with Gasteiger partial charge in [0, 0.05) is 26.7 Å². The minimum Gasteiger partial charge on any atom is -0.454 e. The molecule has 0 saturated carbocycles. The van der Waals surface area contributed by atoms with Gasteiger partial charge in [-0.3, -0.25) is 4.79 Å². The Morgan fingerprint density at radius 1 is 1.33 bits per heavy atom. The van der Waals surface area contributed by atoms with Crippen LogP contribution in [0.15, 0.2) is 18.2 Å². The maximum Gasteiger partial charge on any atom is 0.270 e. The highest BCUT2D eigenvalue weighted by molar-refractivity contribution is 5.94. The van der Waals surface area contributed by atoms with Crippen LogP contribution in [0.25, 0.3) is 0 Å². The molecule has 2 unspecified atom stereocenters. The molecule has 5 heteroatoms. The highest BCUT2D eigenvalue weighted by Crippen LogP contribution is 2.39. The summed E-state index contributed by atoms with van der Waals surface area (Å²) >= 11 is 0. The Bertz CT molecular complexity index is 470. The number of ether oxygens (including phenoxy) is 4. The van der Waals surface area contributed by atoms with Crippen LogP contribution in [0.2, 0.25) is 0 Å². The Morgan fingerprint density at radius 3 is 2.61 bits per heavy atom. The fraction of sp³-hybridized carbons (Fsp3) is 0.462. The molecule has 0 aliphatic carbocycles. The lowest BCUT2D eigenvalue weighted by atomic mass is 10.1. The van der Waals surface area contributed by atoms with Crippen LogP contribution >= 0.6 is 0 Å². The Morgan fingerprint density at radius 2 is 2.06 bits per heavy atom. The summed E-state index contributed by atoms with van der Waals surface area (Å²) in [5.74, 6) is -0.0448. The second-order valence-electron chi connectivity index (χ2n) is 4.23. The molecule has 0 N–H and O–H groups in total. The number of Topliss-reactive ketones (excluding diaryl/α,β-unsaturated/α-hetero) is 1. The fourth-order valence-electron chi connectivity index (χ4n) is 1.79. The van der Waals surface area contributed by atoms with Crippen LogP contribution in [0.1, 0.15) is 24.2 Å². The Kier molecular flexibility index (Phi) is 3.28. The van der Waals surface area contributed by atoms with Crippen molar-refractivity contribution in [2.45, 2.75) is 25.9 Å². The van der Waals surface area contributed by atoms with E-state index in [4.69, 9.17) is 18.9 Å². The van der Waals surface area contributed by atoms with E-state index < -0.39 is 12.1 Å². The largest absolute Gasteiger partial charge is 0.454 e. The third kappa shape index (κ3) is 2.07. The minimum atomic E-state index is -1.01. The molecule has 1 aromatic rings. The fourth-order valence-corrected chi connectivity index (χ4v) is 1.79. The van der Waals surface area contributed by atoms with Gasteiger partial charge in [-0.25, -0.2) is 0 Å². The molecule has 0 spiro atoms. The van der Waals surface area contributed by atoms with Gasteiger partial charge in [0.25, 0.3) is 12.1 Å². The lowest BCUT2D eigenvalue weighted by Crippen LogP contribution is -2.53. The molecule has 5 nitrogen and oxygen atoms in total. The summed E-state index contributed by atoms with van der Waals surface area (Å²) in [7, 11) is 3.02. The van der Waals surface area contributed by atoms with E-state index >= 15 is 0 Å². The third-order valence-electron chi connectivity index (χ3n) is 2.94. The summed E-state index contributed by atoms with van der Waals surface area (Å²) in [6.07, 6.45) is -0.697. The van der Waals surface area contributed by atoms with Crippen molar-refractivity contribution in [3.05, 3.63) is 23.8 Å². The zero-order chi connectivity index (χ0) is 13.3. The van der Waals surface area contributed by atoms with E-state index in [2.05, 4.69) is 0 Å². The van der Waals surface area contributed by atoms with E-state index in [0.717, 1.165) is 0 Å². The molecule has 0 bridgehead atoms. The molecule has 1 aliphatic heterocycles. The van der Waals surface area contributed by atoms with Crippen molar-refractivity contribution in [1.82, 2.24) is 0 Å². The highest BCUT2D eigenvalue weighted by atomic mass is 16.8. The monoisotopic (exact) mass is 252 g/mol. The SMILES string of the molecule is COC1Oc2cc(C(C)=O)ccc2OC1(C)OC. The first-order chi connectivity index (χ1) is 8.50. The van der Waals surface area contributed by atoms with Crippen LogP contribution in [0.4, 0.5) is 0 Å². The predicted molar refractivity (Wildman–Crippen MR) is 63.9 cm³/mol. The molecule has 0 saturated heterocycles. The number of rotatable bonds is 3. The number of hydrogen-bond acceptors (Lipinski definition) is 5. The average Bonchev–Trinajstić information content (AvgIpc) is 2.37. The first-order valence-corrected chi connectivity index (χ1v) is 5.59. The summed E-state index contributed by atoms with van der Waals surface area (Å²) in [6, 6.07) is 5.02. The molecule has 1 aliphatic rings. The zero-order valence-electron chi connectivity index (χ0n) is 10.9. The molecule has 2 rings (SSSR count). The number of fused-ring (bicyclic) bond motifs is 1. The van der Waals surface area contributed by atoms with Crippen molar-refractivity contribution in [2.75, 3.05) is 14.2 Å². The maximum absolute atomic E-state index is 11.3. The molecule has 0 amide bonds. The van der Waals surface area contributed by atoms with Gasteiger partial charge in [-0.2, -0.15) is 0 Å². The molecular formula is C13H16O5. The average molecular weight is 252 g/mol. The van der Waals surface area contributed by atoms with Gasteiger partial charge < -0.3 is 18.9 Å². The number of ketones is 1. The summed E-state index contributed by atoms with van der Waals surface area (Å²) in [6.45, 7) is 3.22. The number of carbonyl (C=O) groups is 1. The number of benzene rings is 1. The Balaban J connectivity index is 2.39. The number of hydrogen-bond donors (Lipinski definition) is 0. The van der Waals surface area contributed by atoms with Crippen molar-refractivity contribution in [2.24, 2.45) is 0 Å². The van der Waals surface area contributed by atoms with Crippen LogP contribution < -0.4 is 9.47 Å². The second-order valence-corrected chi connectivity index (χ2v) is 4.23. The molecule has 1 heterocycles. The van der Waals surface area contributed by atoms with E-state index in [1.807, 2.05) is 0 Å². The van der Waals surface area contributed by atoms with Gasteiger partial charge in [-0.05, 0) is 25.1 Å². The minimum absolute atomic E-state index is 0.0320. The molecular weight excluding hydrogens is 236 g/mol. The van der Waals surface area contributed by atoms with E-state index in [9.17, 15) is 4.79 Å². The normalized spacial score (nSPS) is 25.9. The molecule has 0 fully saturated rings. The van der Waals surface area contributed by atoms with Gasteiger partial charge in [0.15, 0.2) is 17.3 Å². The summed E-state index contributed by atoms with van der Waals surface area (Å²) in [4.78, 5) is 11.3. The van der Waals surface area contributed by atoms with E-state index in [1.165, 1.54) is 21.1 Å².